The molecule has 0 fully saturated rings. The van der Waals surface area contributed by atoms with Crippen LogP contribution in [0.5, 0.6) is 0 Å². The number of methoxy groups -OCH3 is 2. The molecule has 0 aliphatic rings. The van der Waals surface area contributed by atoms with Crippen molar-refractivity contribution in [3.63, 3.8) is 0 Å². The number of ether oxygens (including phenoxy) is 2. The molecule has 0 aromatic rings. The van der Waals surface area contributed by atoms with Crippen LogP contribution in [0, 0.1) is 0 Å². The van der Waals surface area contributed by atoms with E-state index in [-0.39, 0.29) is 6.23 Å². The van der Waals surface area contributed by atoms with Gasteiger partial charge in [-0.25, -0.2) is 5.41 Å². The molecule has 0 saturated carbocycles. The Hall–Kier alpha value is 0.380. The fourth-order valence-electron chi connectivity index (χ4n) is 0.718. The molecule has 0 saturated heterocycles. The van der Waals surface area contributed by atoms with Crippen molar-refractivity contribution in [1.82, 2.24) is 0 Å². The first-order valence-corrected chi connectivity index (χ1v) is 7.30. The third kappa shape index (κ3) is 9.32. The second-order valence-electron chi connectivity index (χ2n) is 2.64. The first-order valence-electron chi connectivity index (χ1n) is 4.48. The van der Waals surface area contributed by atoms with Gasteiger partial charge in [0.2, 0.25) is 0 Å². The van der Waals surface area contributed by atoms with Crippen molar-refractivity contribution in [2.24, 2.45) is 0 Å². The van der Waals surface area contributed by atoms with Crippen LogP contribution in [0.25, 0.3) is 4.84 Å². The molecular formula is C8H17ClN2O2S2. The third-order valence-corrected chi connectivity index (χ3v) is 4.26. The van der Waals surface area contributed by atoms with Crippen LogP contribution in [-0.2, 0) is 9.47 Å². The molecule has 1 unspecified atom stereocenters. The fraction of sp³-hybridized carbons (Fsp3) is 0.875. The van der Waals surface area contributed by atoms with E-state index in [1.807, 2.05) is 0 Å². The van der Waals surface area contributed by atoms with E-state index in [1.54, 1.807) is 35.8 Å². The molecule has 1 atom stereocenters. The van der Waals surface area contributed by atoms with Crippen LogP contribution in [0.1, 0.15) is 12.8 Å². The van der Waals surface area contributed by atoms with Crippen molar-refractivity contribution in [3.05, 3.63) is 4.84 Å². The maximum atomic E-state index is 5.50. The highest BCUT2D eigenvalue weighted by molar-refractivity contribution is 8.76. The predicted octanol–water partition coefficient (Wildman–Crippen LogP) is 1.45. The Balaban J connectivity index is 3.21. The minimum Gasteiger partial charge on any atom is -0.550 e. The zero-order chi connectivity index (χ0) is 11.5. The van der Waals surface area contributed by atoms with Crippen molar-refractivity contribution < 1.29 is 14.9 Å². The third-order valence-electron chi connectivity index (χ3n) is 1.61. The predicted molar refractivity (Wildman–Crippen MR) is 68.1 cm³/mol. The Labute approximate surface area is 104 Å². The molecule has 4 nitrogen and oxygen atoms in total. The molecule has 0 rings (SSSR count). The summed E-state index contributed by atoms with van der Waals surface area (Å²) in [5.74, 6) is 2.47. The van der Waals surface area contributed by atoms with Crippen LogP contribution in [0.2, 0.25) is 0 Å². The van der Waals surface area contributed by atoms with E-state index < -0.39 is 0 Å². The summed E-state index contributed by atoms with van der Waals surface area (Å²) < 4.78 is 9.85. The monoisotopic (exact) mass is 272 g/mol. The van der Waals surface area contributed by atoms with E-state index in [4.69, 9.17) is 26.7 Å². The molecule has 0 aromatic heterocycles. The first kappa shape index (κ1) is 15.4. The number of nitrogens with two attached hydrogens (primary N) is 1. The number of hydrogen-bond donors (Lipinski definition) is 1. The van der Waals surface area contributed by atoms with Crippen molar-refractivity contribution in [2.45, 2.75) is 19.1 Å². The molecular weight excluding hydrogens is 256 g/mol. The Bertz CT molecular complexity index is 171. The van der Waals surface area contributed by atoms with E-state index in [0.717, 1.165) is 24.3 Å². The Morgan fingerprint density at radius 1 is 1.40 bits per heavy atom. The summed E-state index contributed by atoms with van der Waals surface area (Å²) in [6.07, 6.45) is 1.40. The maximum absolute atomic E-state index is 5.50. The van der Waals surface area contributed by atoms with Gasteiger partial charge in [-0.3, -0.25) is 11.8 Å². The Morgan fingerprint density at radius 2 is 2.07 bits per heavy atom. The van der Waals surface area contributed by atoms with Crippen LogP contribution in [0.4, 0.5) is 0 Å². The second-order valence-corrected chi connectivity index (χ2v) is 5.54. The van der Waals surface area contributed by atoms with Crippen molar-refractivity contribution in [3.8, 4) is 0 Å². The normalized spacial score (nSPS) is 12.5. The van der Waals surface area contributed by atoms with Crippen LogP contribution < -0.4 is 5.41 Å². The highest BCUT2D eigenvalue weighted by Gasteiger charge is 2.01. The average Bonchev–Trinajstić information content (AvgIpc) is 2.28. The summed E-state index contributed by atoms with van der Waals surface area (Å²) in [5, 5.41) is 5.50. The van der Waals surface area contributed by atoms with Crippen LogP contribution >= 0.6 is 33.4 Å². The maximum Gasteiger partial charge on any atom is 0.333 e. The van der Waals surface area contributed by atoms with Gasteiger partial charge >= 0.3 is 5.90 Å². The van der Waals surface area contributed by atoms with Crippen molar-refractivity contribution in [2.75, 3.05) is 25.7 Å². The van der Waals surface area contributed by atoms with Gasteiger partial charge in [0.1, 0.15) is 0 Å². The summed E-state index contributed by atoms with van der Waals surface area (Å²) in [4.78, 5) is 3.55. The SMILES string of the molecule is COC(=[NH2+])CCSSCCC([N-]Cl)OC. The van der Waals surface area contributed by atoms with E-state index in [0.29, 0.717) is 5.90 Å². The zero-order valence-electron chi connectivity index (χ0n) is 8.94. The van der Waals surface area contributed by atoms with Crippen LogP contribution in [0.3, 0.4) is 0 Å². The summed E-state index contributed by atoms with van der Waals surface area (Å²) in [7, 11) is 6.70. The van der Waals surface area contributed by atoms with Gasteiger partial charge in [0.15, 0.2) is 0 Å². The van der Waals surface area contributed by atoms with Gasteiger partial charge < -0.3 is 14.3 Å². The van der Waals surface area contributed by atoms with Crippen LogP contribution in [-0.4, -0.2) is 37.9 Å². The van der Waals surface area contributed by atoms with Gasteiger partial charge in [0, 0.05) is 18.6 Å². The van der Waals surface area contributed by atoms with Gasteiger partial charge in [0.05, 0.1) is 13.5 Å². The summed E-state index contributed by atoms with van der Waals surface area (Å²) in [6.45, 7) is 0. The van der Waals surface area contributed by atoms with Gasteiger partial charge in [0.25, 0.3) is 0 Å². The highest BCUT2D eigenvalue weighted by atomic mass is 35.5. The zero-order valence-corrected chi connectivity index (χ0v) is 11.3. The average molecular weight is 273 g/mol. The molecule has 7 heteroatoms. The van der Waals surface area contributed by atoms with E-state index in [1.165, 1.54) is 0 Å². The minimum absolute atomic E-state index is 0.199. The molecule has 0 amide bonds. The molecule has 0 bridgehead atoms. The van der Waals surface area contributed by atoms with E-state index >= 15 is 0 Å². The largest absolute Gasteiger partial charge is 0.550 e. The van der Waals surface area contributed by atoms with Crippen molar-refractivity contribution >= 4 is 39.3 Å². The lowest BCUT2D eigenvalue weighted by Crippen LogP contribution is -2.41. The molecule has 0 aliphatic heterocycles. The van der Waals surface area contributed by atoms with Gasteiger partial charge in [-0.15, -0.1) is 0 Å². The number of hydrogen-bond acceptors (Lipinski definition) is 4. The van der Waals surface area contributed by atoms with Gasteiger partial charge in [-0.05, 0) is 12.6 Å². The summed E-state index contributed by atoms with van der Waals surface area (Å²) in [6, 6.07) is 0. The first-order chi connectivity index (χ1) is 7.24. The van der Waals surface area contributed by atoms with Crippen LogP contribution in [0.15, 0.2) is 0 Å². The fourth-order valence-corrected chi connectivity index (χ4v) is 2.96. The molecule has 15 heavy (non-hydrogen) atoms. The molecule has 0 spiro atoms. The summed E-state index contributed by atoms with van der Waals surface area (Å²) >= 11 is 5.32. The molecule has 90 valence electrons. The lowest BCUT2D eigenvalue weighted by molar-refractivity contribution is -0.140. The van der Waals surface area contributed by atoms with E-state index in [9.17, 15) is 0 Å². The topological polar surface area (TPSA) is 58.2 Å². The van der Waals surface area contributed by atoms with Crippen molar-refractivity contribution in [1.29, 1.82) is 0 Å². The Morgan fingerprint density at radius 3 is 2.60 bits per heavy atom. The minimum atomic E-state index is -0.199. The second kappa shape index (κ2) is 10.9. The lowest BCUT2D eigenvalue weighted by Gasteiger charge is -2.23. The van der Waals surface area contributed by atoms with E-state index in [2.05, 4.69) is 4.84 Å². The molecule has 0 aromatic carbocycles. The number of nitrogens with zero attached hydrogens (tertiary/aromatic N) is 1. The Kier molecular flexibility index (Phi) is 11.2. The summed E-state index contributed by atoms with van der Waals surface area (Å²) in [5.41, 5.74) is 0. The standard InChI is InChI=1S/C8H16ClN2O2S2/c1-12-7(10)3-5-14-15-6-4-8(11-9)13-2/h8,10H,3-6H2,1-2H3/q-1/p+1. The van der Waals surface area contributed by atoms with Gasteiger partial charge in [-0.2, -0.15) is 0 Å². The molecule has 2 N–H and O–H groups in total. The molecule has 0 radical (unpaired) electrons. The van der Waals surface area contributed by atoms with Gasteiger partial charge in [-0.1, -0.05) is 21.6 Å². The highest BCUT2D eigenvalue weighted by Crippen LogP contribution is 2.24. The molecule has 0 aliphatic carbocycles. The quantitative estimate of drug-likeness (QED) is 0.299. The smallest absolute Gasteiger partial charge is 0.333 e. The number of rotatable bonds is 9. The molecule has 0 heterocycles. The number of halogens is 1. The lowest BCUT2D eigenvalue weighted by atomic mass is 10.4.